The molecule has 6 rings (SSSR count). The van der Waals surface area contributed by atoms with Crippen molar-refractivity contribution in [3.63, 3.8) is 0 Å². The fourth-order valence-corrected chi connectivity index (χ4v) is 8.21. The van der Waals surface area contributed by atoms with Gasteiger partial charge in [-0.25, -0.2) is 9.59 Å². The molecular weight excluding hydrogens is 891 g/mol. The maximum atomic E-state index is 12.8. The van der Waals surface area contributed by atoms with Crippen molar-refractivity contribution in [3.05, 3.63) is 116 Å². The van der Waals surface area contributed by atoms with Crippen molar-refractivity contribution in [1.82, 2.24) is 10.6 Å². The highest BCUT2D eigenvalue weighted by Gasteiger charge is 2.44. The van der Waals surface area contributed by atoms with E-state index in [9.17, 15) is 29.4 Å². The third kappa shape index (κ3) is 13.8. The van der Waals surface area contributed by atoms with Crippen molar-refractivity contribution in [3.8, 4) is 23.0 Å². The summed E-state index contributed by atoms with van der Waals surface area (Å²) in [6.45, 7) is 11.1. The Balaban J connectivity index is 0.000000247. The topological polar surface area (TPSA) is 188 Å². The Bertz CT molecular complexity index is 2130. The molecule has 2 fully saturated rings. The highest BCUT2D eigenvalue weighted by atomic mass is 35.5. The first-order chi connectivity index (χ1) is 31.8. The van der Waals surface area contributed by atoms with Crippen molar-refractivity contribution in [2.24, 2.45) is 0 Å². The first kappa shape index (κ1) is 51.4. The third-order valence-corrected chi connectivity index (χ3v) is 11.6. The van der Waals surface area contributed by atoms with Gasteiger partial charge in [-0.1, -0.05) is 61.3 Å². The van der Waals surface area contributed by atoms with Crippen LogP contribution in [0.5, 0.6) is 23.0 Å². The second-order valence-electron chi connectivity index (χ2n) is 16.0. The Labute approximate surface area is 396 Å². The molecule has 0 bridgehead atoms. The van der Waals surface area contributed by atoms with Crippen LogP contribution >= 0.6 is 23.2 Å². The standard InChI is InChI=1S/2C25H30ClNO6/c2*1-3-11-32-19-7-8-20(21(26)14-19)23(28)27-16-18-13-17(6-9-22(18)31-4-2)15-25(24(29)30)10-5-12-33-25/h2*6-9,13-14H,3-5,10-12,15-16H2,1-2H3,(H,27,28)(H,29,30)/t2*25-/m10/s1. The quantitative estimate of drug-likeness (QED) is 0.0586. The van der Waals surface area contributed by atoms with E-state index >= 15 is 0 Å². The molecule has 0 saturated carbocycles. The number of halogens is 2. The van der Waals surface area contributed by atoms with E-state index in [0.29, 0.717) is 96.7 Å². The lowest BCUT2D eigenvalue weighted by Gasteiger charge is -2.24. The number of aliphatic carboxylic acids is 2. The van der Waals surface area contributed by atoms with Crippen molar-refractivity contribution in [1.29, 1.82) is 0 Å². The molecule has 4 aromatic carbocycles. The van der Waals surface area contributed by atoms with Gasteiger partial charge in [-0.15, -0.1) is 0 Å². The van der Waals surface area contributed by atoms with Crippen LogP contribution in [0.1, 0.15) is 109 Å². The molecule has 2 aliphatic rings. The average Bonchev–Trinajstić information content (AvgIpc) is 3.99. The molecule has 4 N–H and O–H groups in total. The van der Waals surface area contributed by atoms with E-state index in [-0.39, 0.29) is 37.7 Å². The second-order valence-corrected chi connectivity index (χ2v) is 16.8. The lowest BCUT2D eigenvalue weighted by Crippen LogP contribution is -2.40. The molecule has 14 nitrogen and oxygen atoms in total. The monoisotopic (exact) mass is 950 g/mol. The minimum Gasteiger partial charge on any atom is -0.494 e. The number of nitrogens with one attached hydrogen (secondary N) is 2. The minimum atomic E-state index is -1.21. The summed E-state index contributed by atoms with van der Waals surface area (Å²) in [5, 5.41) is 25.8. The first-order valence-corrected chi connectivity index (χ1v) is 23.2. The summed E-state index contributed by atoms with van der Waals surface area (Å²) < 4.78 is 33.7. The number of amides is 2. The zero-order chi connectivity index (χ0) is 47.7. The molecule has 356 valence electrons. The van der Waals surface area contributed by atoms with Crippen molar-refractivity contribution < 1.29 is 57.8 Å². The number of hydrogen-bond acceptors (Lipinski definition) is 10. The minimum absolute atomic E-state index is 0.202. The largest absolute Gasteiger partial charge is 0.494 e. The highest BCUT2D eigenvalue weighted by molar-refractivity contribution is 6.34. The normalized spacial score (nSPS) is 17.5. The van der Waals surface area contributed by atoms with Gasteiger partial charge >= 0.3 is 11.9 Å². The Morgan fingerprint density at radius 1 is 0.591 bits per heavy atom. The van der Waals surface area contributed by atoms with Gasteiger partial charge in [0.1, 0.15) is 23.0 Å². The second kappa shape index (κ2) is 24.8. The number of benzene rings is 4. The average molecular weight is 952 g/mol. The van der Waals surface area contributed by atoms with Crippen LogP contribution in [-0.4, -0.2) is 84.8 Å². The lowest BCUT2D eigenvalue weighted by molar-refractivity contribution is -0.160. The zero-order valence-electron chi connectivity index (χ0n) is 38.0. The maximum Gasteiger partial charge on any atom is 0.336 e. The summed E-state index contributed by atoms with van der Waals surface area (Å²) in [7, 11) is 0. The summed E-state index contributed by atoms with van der Waals surface area (Å²) >= 11 is 12.6. The van der Waals surface area contributed by atoms with Crippen molar-refractivity contribution in [2.45, 2.75) is 103 Å². The molecule has 0 spiro atoms. The van der Waals surface area contributed by atoms with Gasteiger partial charge in [0.05, 0.1) is 47.6 Å². The molecule has 4 aromatic rings. The van der Waals surface area contributed by atoms with Gasteiger partial charge in [-0.2, -0.15) is 0 Å². The molecule has 0 radical (unpaired) electrons. The van der Waals surface area contributed by atoms with Crippen LogP contribution in [0.25, 0.3) is 0 Å². The lowest BCUT2D eigenvalue weighted by atomic mass is 9.91. The van der Waals surface area contributed by atoms with Crippen LogP contribution in [0.15, 0.2) is 72.8 Å². The summed E-state index contributed by atoms with van der Waals surface area (Å²) in [4.78, 5) is 49.2. The van der Waals surface area contributed by atoms with Gasteiger partial charge in [0.15, 0.2) is 11.2 Å². The number of carbonyl (C=O) groups is 4. The Morgan fingerprint density at radius 2 is 1.00 bits per heavy atom. The predicted molar refractivity (Wildman–Crippen MR) is 251 cm³/mol. The molecule has 2 aliphatic heterocycles. The van der Waals surface area contributed by atoms with Gasteiger partial charge in [-0.05, 0) is 112 Å². The molecule has 2 saturated heterocycles. The van der Waals surface area contributed by atoms with Gasteiger partial charge in [0, 0.05) is 50.3 Å². The van der Waals surface area contributed by atoms with E-state index in [2.05, 4.69) is 10.6 Å². The summed E-state index contributed by atoms with van der Waals surface area (Å²) in [6, 6.07) is 21.0. The summed E-state index contributed by atoms with van der Waals surface area (Å²) in [5.74, 6) is -0.0562. The zero-order valence-corrected chi connectivity index (χ0v) is 39.5. The number of hydrogen-bond donors (Lipinski definition) is 4. The first-order valence-electron chi connectivity index (χ1n) is 22.4. The fourth-order valence-electron chi connectivity index (χ4n) is 7.70. The number of carboxylic acids is 2. The Kier molecular flexibility index (Phi) is 19.4. The Hall–Kier alpha value is -5.54. The third-order valence-electron chi connectivity index (χ3n) is 11.0. The fraction of sp³-hybridized carbons (Fsp3) is 0.440. The van der Waals surface area contributed by atoms with E-state index in [4.69, 9.17) is 51.6 Å². The molecule has 66 heavy (non-hydrogen) atoms. The van der Waals surface area contributed by atoms with Gasteiger partial charge in [0.25, 0.3) is 11.8 Å². The van der Waals surface area contributed by atoms with Crippen LogP contribution in [0.3, 0.4) is 0 Å². The van der Waals surface area contributed by atoms with E-state index < -0.39 is 23.1 Å². The molecule has 2 amide bonds. The molecule has 2 atom stereocenters. The van der Waals surface area contributed by atoms with Crippen LogP contribution in [0, 0.1) is 0 Å². The molecule has 16 heteroatoms. The van der Waals surface area contributed by atoms with Crippen LogP contribution < -0.4 is 29.6 Å². The summed E-state index contributed by atoms with van der Waals surface area (Å²) in [6.07, 6.45) is 4.63. The van der Waals surface area contributed by atoms with Gasteiger partial charge in [-0.3, -0.25) is 9.59 Å². The van der Waals surface area contributed by atoms with Crippen molar-refractivity contribution in [2.75, 3.05) is 39.6 Å². The molecular formula is C50H60Cl2N2O12. The number of carbonyl (C=O) groups excluding carboxylic acids is 2. The summed E-state index contributed by atoms with van der Waals surface area (Å²) in [5.41, 5.74) is 1.40. The van der Waals surface area contributed by atoms with Crippen molar-refractivity contribution >= 4 is 47.0 Å². The molecule has 0 aliphatic carbocycles. The smallest absolute Gasteiger partial charge is 0.336 e. The van der Waals surface area contributed by atoms with Crippen LogP contribution in [0.2, 0.25) is 10.0 Å². The van der Waals surface area contributed by atoms with E-state index in [0.717, 1.165) is 47.9 Å². The van der Waals surface area contributed by atoms with Crippen LogP contribution in [-0.2, 0) is 45.0 Å². The van der Waals surface area contributed by atoms with E-state index in [1.165, 1.54) is 0 Å². The van der Waals surface area contributed by atoms with E-state index in [1.807, 2.05) is 52.0 Å². The van der Waals surface area contributed by atoms with Gasteiger partial charge < -0.3 is 49.3 Å². The van der Waals surface area contributed by atoms with Gasteiger partial charge in [0.2, 0.25) is 0 Å². The molecule has 0 unspecified atom stereocenters. The number of carboxylic acid groups (broad SMARTS) is 2. The Morgan fingerprint density at radius 3 is 1.32 bits per heavy atom. The molecule has 0 aromatic heterocycles. The number of rotatable bonds is 22. The molecule has 2 heterocycles. The maximum absolute atomic E-state index is 12.8. The van der Waals surface area contributed by atoms with E-state index in [1.54, 1.807) is 48.5 Å². The SMILES string of the molecule is CCCOc1ccc(C(=O)NCc2cc(C[C@@]3(C(=O)O)CCCO3)ccc2OCC)c(Cl)c1.CCCOc1ccc(C(=O)NCc2cc(C[C@]3(C(=O)O)CCCO3)ccc2OCC)c(Cl)c1. The number of ether oxygens (including phenoxy) is 6. The highest BCUT2D eigenvalue weighted by Crippen LogP contribution is 2.34. The van der Waals surface area contributed by atoms with Crippen LogP contribution in [0.4, 0.5) is 0 Å². The predicted octanol–water partition coefficient (Wildman–Crippen LogP) is 9.27.